The second-order valence-electron chi connectivity index (χ2n) is 5.14. The van der Waals surface area contributed by atoms with Crippen LogP contribution < -0.4 is 0 Å². The van der Waals surface area contributed by atoms with E-state index in [4.69, 9.17) is 4.74 Å². The lowest BCUT2D eigenvalue weighted by molar-refractivity contribution is -0.153. The van der Waals surface area contributed by atoms with Crippen LogP contribution in [-0.4, -0.2) is 17.2 Å². The Morgan fingerprint density at radius 3 is 2.72 bits per heavy atom. The summed E-state index contributed by atoms with van der Waals surface area (Å²) >= 11 is 0. The third kappa shape index (κ3) is 3.33. The van der Waals surface area contributed by atoms with E-state index in [1.807, 2.05) is 37.3 Å². The molecule has 0 aromatic heterocycles. The Hall–Kier alpha value is -1.35. The average molecular weight is 248 g/mol. The number of aliphatic hydroxyl groups excluding tert-OH is 1. The summed E-state index contributed by atoms with van der Waals surface area (Å²) in [5, 5.41) is 9.53. The first-order chi connectivity index (χ1) is 8.66. The van der Waals surface area contributed by atoms with Gasteiger partial charge in [0.1, 0.15) is 6.61 Å². The number of ether oxygens (including phenoxy) is 1. The maximum absolute atomic E-state index is 12.0. The molecule has 1 aliphatic rings. The van der Waals surface area contributed by atoms with Crippen LogP contribution in [-0.2, 0) is 16.1 Å². The lowest BCUT2D eigenvalue weighted by Crippen LogP contribution is -2.32. The van der Waals surface area contributed by atoms with Crippen LogP contribution in [0.1, 0.15) is 31.7 Å². The smallest absolute Gasteiger partial charge is 0.309 e. The molecule has 1 unspecified atom stereocenters. The van der Waals surface area contributed by atoms with Gasteiger partial charge in [0.2, 0.25) is 0 Å². The van der Waals surface area contributed by atoms with Gasteiger partial charge >= 0.3 is 5.97 Å². The van der Waals surface area contributed by atoms with Gasteiger partial charge in [0.05, 0.1) is 12.0 Å². The topological polar surface area (TPSA) is 46.5 Å². The van der Waals surface area contributed by atoms with Crippen LogP contribution in [0, 0.1) is 11.8 Å². The van der Waals surface area contributed by atoms with Crippen LogP contribution in [0.4, 0.5) is 0 Å². The van der Waals surface area contributed by atoms with Gasteiger partial charge in [-0.25, -0.2) is 0 Å². The van der Waals surface area contributed by atoms with E-state index in [1.54, 1.807) is 0 Å². The predicted molar refractivity (Wildman–Crippen MR) is 68.7 cm³/mol. The fourth-order valence-corrected chi connectivity index (χ4v) is 2.55. The number of hydrogen-bond donors (Lipinski definition) is 1. The van der Waals surface area contributed by atoms with Gasteiger partial charge in [0, 0.05) is 0 Å². The van der Waals surface area contributed by atoms with Gasteiger partial charge in [0.15, 0.2) is 0 Å². The number of carbonyl (C=O) groups excluding carboxylic acids is 1. The Morgan fingerprint density at radius 2 is 2.06 bits per heavy atom. The van der Waals surface area contributed by atoms with E-state index in [0.717, 1.165) is 12.0 Å². The van der Waals surface area contributed by atoms with Crippen molar-refractivity contribution >= 4 is 5.97 Å². The highest BCUT2D eigenvalue weighted by atomic mass is 16.5. The van der Waals surface area contributed by atoms with E-state index in [9.17, 15) is 9.90 Å². The highest BCUT2D eigenvalue weighted by Crippen LogP contribution is 2.30. The van der Waals surface area contributed by atoms with Gasteiger partial charge in [-0.3, -0.25) is 4.79 Å². The third-order valence-electron chi connectivity index (χ3n) is 3.67. The highest BCUT2D eigenvalue weighted by molar-refractivity contribution is 5.72. The van der Waals surface area contributed by atoms with Crippen LogP contribution in [0.2, 0.25) is 0 Å². The first kappa shape index (κ1) is 13.1. The van der Waals surface area contributed by atoms with Crippen molar-refractivity contribution in [1.29, 1.82) is 0 Å². The Kier molecular flexibility index (Phi) is 4.37. The summed E-state index contributed by atoms with van der Waals surface area (Å²) in [4.78, 5) is 12.0. The van der Waals surface area contributed by atoms with Crippen LogP contribution in [0.25, 0.3) is 0 Å². The maximum Gasteiger partial charge on any atom is 0.309 e. The summed E-state index contributed by atoms with van der Waals surface area (Å²) in [6, 6.07) is 9.70. The molecule has 1 saturated carbocycles. The molecular formula is C15H20O3. The molecule has 1 fully saturated rings. The SMILES string of the molecule is CC1C[C@H](O)CC[C@H]1C(=O)OCc1ccccc1. The Balaban J connectivity index is 1.85. The van der Waals surface area contributed by atoms with Crippen LogP contribution >= 0.6 is 0 Å². The zero-order valence-corrected chi connectivity index (χ0v) is 10.7. The second kappa shape index (κ2) is 6.01. The average Bonchev–Trinajstić information content (AvgIpc) is 2.37. The quantitative estimate of drug-likeness (QED) is 0.836. The van der Waals surface area contributed by atoms with Crippen molar-refractivity contribution in [2.75, 3.05) is 0 Å². The van der Waals surface area contributed by atoms with Gasteiger partial charge in [-0.05, 0) is 30.7 Å². The lowest BCUT2D eigenvalue weighted by Gasteiger charge is -2.30. The second-order valence-corrected chi connectivity index (χ2v) is 5.14. The summed E-state index contributed by atoms with van der Waals surface area (Å²) in [5.74, 6) is 0.0207. The third-order valence-corrected chi connectivity index (χ3v) is 3.67. The molecule has 98 valence electrons. The zero-order chi connectivity index (χ0) is 13.0. The minimum absolute atomic E-state index is 0.0582. The molecule has 3 heteroatoms. The molecule has 0 saturated heterocycles. The monoisotopic (exact) mass is 248 g/mol. The van der Waals surface area contributed by atoms with E-state index in [-0.39, 0.29) is 23.9 Å². The van der Waals surface area contributed by atoms with Gasteiger partial charge in [0.25, 0.3) is 0 Å². The Bertz CT molecular complexity index is 388. The molecule has 1 N–H and O–H groups in total. The van der Waals surface area contributed by atoms with Crippen molar-refractivity contribution in [3.05, 3.63) is 35.9 Å². The van der Waals surface area contributed by atoms with Gasteiger partial charge in [-0.15, -0.1) is 0 Å². The molecule has 0 heterocycles. The minimum atomic E-state index is -0.252. The number of esters is 1. The lowest BCUT2D eigenvalue weighted by atomic mass is 9.79. The molecule has 0 bridgehead atoms. The van der Waals surface area contributed by atoms with Crippen LogP contribution in [0.3, 0.4) is 0 Å². The Labute approximate surface area is 108 Å². The van der Waals surface area contributed by atoms with Crippen molar-refractivity contribution in [3.8, 4) is 0 Å². The van der Waals surface area contributed by atoms with Crippen molar-refractivity contribution < 1.29 is 14.6 Å². The largest absolute Gasteiger partial charge is 0.461 e. The summed E-state index contributed by atoms with van der Waals surface area (Å²) in [6.07, 6.45) is 1.88. The standard InChI is InChI=1S/C15H20O3/c1-11-9-13(16)7-8-14(11)15(17)18-10-12-5-3-2-4-6-12/h2-6,11,13-14,16H,7-10H2,1H3/t11?,13-,14-/m1/s1. The molecule has 0 spiro atoms. The van der Waals surface area contributed by atoms with Crippen molar-refractivity contribution in [1.82, 2.24) is 0 Å². The fourth-order valence-electron chi connectivity index (χ4n) is 2.55. The molecule has 0 radical (unpaired) electrons. The number of carbonyl (C=O) groups is 1. The van der Waals surface area contributed by atoms with Crippen molar-refractivity contribution in [2.24, 2.45) is 11.8 Å². The molecule has 3 nitrogen and oxygen atoms in total. The van der Waals surface area contributed by atoms with E-state index >= 15 is 0 Å². The van der Waals surface area contributed by atoms with Crippen molar-refractivity contribution in [2.45, 2.75) is 38.9 Å². The summed E-state index contributed by atoms with van der Waals surface area (Å²) < 4.78 is 5.35. The summed E-state index contributed by atoms with van der Waals surface area (Å²) in [7, 11) is 0. The molecule has 2 rings (SSSR count). The molecule has 1 aromatic rings. The normalized spacial score (nSPS) is 27.8. The number of rotatable bonds is 3. The Morgan fingerprint density at radius 1 is 1.33 bits per heavy atom. The van der Waals surface area contributed by atoms with Gasteiger partial charge in [-0.2, -0.15) is 0 Å². The molecule has 18 heavy (non-hydrogen) atoms. The highest BCUT2D eigenvalue weighted by Gasteiger charge is 2.32. The van der Waals surface area contributed by atoms with Crippen molar-refractivity contribution in [3.63, 3.8) is 0 Å². The number of aliphatic hydroxyl groups is 1. The minimum Gasteiger partial charge on any atom is -0.461 e. The summed E-state index contributed by atoms with van der Waals surface area (Å²) in [6.45, 7) is 2.35. The van der Waals surface area contributed by atoms with E-state index in [2.05, 4.69) is 0 Å². The maximum atomic E-state index is 12.0. The molecular weight excluding hydrogens is 228 g/mol. The molecule has 1 aliphatic carbocycles. The van der Waals surface area contributed by atoms with E-state index < -0.39 is 0 Å². The number of benzene rings is 1. The molecule has 3 atom stereocenters. The first-order valence-electron chi connectivity index (χ1n) is 6.55. The number of hydrogen-bond acceptors (Lipinski definition) is 3. The van der Waals surface area contributed by atoms with Crippen LogP contribution in [0.15, 0.2) is 30.3 Å². The summed E-state index contributed by atoms with van der Waals surface area (Å²) in [5.41, 5.74) is 1.01. The van der Waals surface area contributed by atoms with Gasteiger partial charge in [-0.1, -0.05) is 37.3 Å². The first-order valence-corrected chi connectivity index (χ1v) is 6.55. The van der Waals surface area contributed by atoms with Crippen LogP contribution in [0.5, 0.6) is 0 Å². The van der Waals surface area contributed by atoms with E-state index in [0.29, 0.717) is 19.4 Å². The molecule has 1 aromatic carbocycles. The van der Waals surface area contributed by atoms with Gasteiger partial charge < -0.3 is 9.84 Å². The molecule has 0 amide bonds. The fraction of sp³-hybridized carbons (Fsp3) is 0.533. The molecule has 0 aliphatic heterocycles. The zero-order valence-electron chi connectivity index (χ0n) is 10.7. The predicted octanol–water partition coefficient (Wildman–Crippen LogP) is 2.53. The van der Waals surface area contributed by atoms with E-state index in [1.165, 1.54) is 0 Å².